The summed E-state index contributed by atoms with van der Waals surface area (Å²) in [7, 11) is 0. The highest BCUT2D eigenvalue weighted by Gasteiger charge is 2.35. The van der Waals surface area contributed by atoms with Crippen LogP contribution in [0.25, 0.3) is 0 Å². The molecule has 19 heavy (non-hydrogen) atoms. The zero-order chi connectivity index (χ0) is 14.0. The summed E-state index contributed by atoms with van der Waals surface area (Å²) in [5.41, 5.74) is 1.03. The Kier molecular flexibility index (Phi) is 4.54. The average molecular weight is 283 g/mol. The maximum Gasteiger partial charge on any atom is 0.136 e. The van der Waals surface area contributed by atoms with E-state index >= 15 is 0 Å². The Balaban J connectivity index is 2.14. The van der Waals surface area contributed by atoms with Gasteiger partial charge in [-0.15, -0.1) is 4.72 Å². The highest BCUT2D eigenvalue weighted by molar-refractivity contribution is 7.90. The van der Waals surface area contributed by atoms with Gasteiger partial charge in [0, 0.05) is 11.4 Å². The molecule has 1 aromatic rings. The number of benzene rings is 1. The number of nitrogens with one attached hydrogen (secondary N) is 1. The van der Waals surface area contributed by atoms with E-state index in [0.717, 1.165) is 18.4 Å². The van der Waals surface area contributed by atoms with Crippen molar-refractivity contribution in [2.45, 2.75) is 50.8 Å². The van der Waals surface area contributed by atoms with Crippen molar-refractivity contribution < 1.29 is 8.94 Å². The molecule has 2 rings (SSSR count). The highest BCUT2D eigenvalue weighted by atomic mass is 32.2. The van der Waals surface area contributed by atoms with E-state index in [1.165, 1.54) is 18.6 Å². The molecule has 1 saturated carbocycles. The molecule has 1 fully saturated rings. The van der Waals surface area contributed by atoms with Gasteiger partial charge in [-0.05, 0) is 57.2 Å². The third kappa shape index (κ3) is 3.71. The van der Waals surface area contributed by atoms with E-state index in [-0.39, 0.29) is 16.6 Å². The van der Waals surface area contributed by atoms with Crippen LogP contribution in [0, 0.1) is 11.7 Å². The Bertz CT molecular complexity index is 411. The van der Waals surface area contributed by atoms with Gasteiger partial charge >= 0.3 is 0 Å². The maximum atomic E-state index is 13.0. The van der Waals surface area contributed by atoms with Crippen LogP contribution in [-0.2, 0) is 11.4 Å². The van der Waals surface area contributed by atoms with Crippen LogP contribution in [0.4, 0.5) is 4.39 Å². The Morgan fingerprint density at radius 2 is 1.84 bits per heavy atom. The van der Waals surface area contributed by atoms with Gasteiger partial charge in [0.05, 0.1) is 6.04 Å². The van der Waals surface area contributed by atoms with Crippen LogP contribution in [0.2, 0.25) is 0 Å². The molecule has 0 aliphatic heterocycles. The molecule has 1 aliphatic carbocycles. The monoisotopic (exact) mass is 283 g/mol. The Labute approximate surface area is 118 Å². The second kappa shape index (κ2) is 5.81. The third-order valence-corrected chi connectivity index (χ3v) is 5.22. The number of halogens is 1. The van der Waals surface area contributed by atoms with Crippen molar-refractivity contribution in [2.75, 3.05) is 0 Å². The molecule has 0 amide bonds. The van der Waals surface area contributed by atoms with Gasteiger partial charge in [0.25, 0.3) is 0 Å². The topological polar surface area (TPSA) is 35.1 Å². The quantitative estimate of drug-likeness (QED) is 0.855. The lowest BCUT2D eigenvalue weighted by molar-refractivity contribution is 0.250. The van der Waals surface area contributed by atoms with Gasteiger partial charge in [-0.2, -0.15) is 0 Å². The van der Waals surface area contributed by atoms with Gasteiger partial charge in [-0.1, -0.05) is 18.6 Å². The van der Waals surface area contributed by atoms with E-state index < -0.39 is 11.4 Å². The van der Waals surface area contributed by atoms with E-state index in [9.17, 15) is 8.94 Å². The molecule has 0 saturated heterocycles. The molecular formula is C15H22FNOS. The minimum absolute atomic E-state index is 0.0643. The van der Waals surface area contributed by atoms with Crippen molar-refractivity contribution in [3.63, 3.8) is 0 Å². The van der Waals surface area contributed by atoms with Crippen molar-refractivity contribution in [1.29, 1.82) is 0 Å². The van der Waals surface area contributed by atoms with E-state index in [1.807, 2.05) is 20.8 Å². The van der Waals surface area contributed by atoms with Crippen LogP contribution < -0.4 is 4.72 Å². The molecule has 2 nitrogen and oxygen atoms in total. The lowest BCUT2D eigenvalue weighted by atomic mass is 9.77. The Hall–Kier alpha value is -0.580. The fraction of sp³-hybridized carbons (Fsp3) is 0.600. The van der Waals surface area contributed by atoms with Crippen LogP contribution in [0.15, 0.2) is 24.3 Å². The molecule has 0 spiro atoms. The fourth-order valence-corrected chi connectivity index (χ4v) is 3.08. The molecule has 1 aliphatic rings. The number of hydrogen-bond donors (Lipinski definition) is 1. The lowest BCUT2D eigenvalue weighted by Crippen LogP contribution is -2.44. The first-order valence-corrected chi connectivity index (χ1v) is 7.96. The van der Waals surface area contributed by atoms with E-state index in [2.05, 4.69) is 4.72 Å². The van der Waals surface area contributed by atoms with Crippen LogP contribution in [-0.4, -0.2) is 9.30 Å². The molecule has 1 unspecified atom stereocenters. The van der Waals surface area contributed by atoms with Gasteiger partial charge in [0.15, 0.2) is 0 Å². The van der Waals surface area contributed by atoms with Gasteiger partial charge < -0.3 is 4.55 Å². The van der Waals surface area contributed by atoms with E-state index in [4.69, 9.17) is 0 Å². The number of rotatable bonds is 4. The highest BCUT2D eigenvalue weighted by Crippen LogP contribution is 2.38. The first-order chi connectivity index (χ1) is 8.88. The molecule has 4 heteroatoms. The Morgan fingerprint density at radius 1 is 1.26 bits per heavy atom. The lowest BCUT2D eigenvalue weighted by Gasteiger charge is -2.36. The van der Waals surface area contributed by atoms with Crippen molar-refractivity contribution in [3.05, 3.63) is 35.6 Å². The second-order valence-electron chi connectivity index (χ2n) is 6.22. The minimum atomic E-state index is -1.11. The molecule has 0 bridgehead atoms. The van der Waals surface area contributed by atoms with Gasteiger partial charge in [-0.3, -0.25) is 0 Å². The number of hydrogen-bond acceptors (Lipinski definition) is 2. The normalized spacial score (nSPS) is 19.8. The SMILES string of the molecule is CC(C)(C)[S+]([O-])N[C@H](c1ccc(F)cc1)C1CCC1. The van der Waals surface area contributed by atoms with E-state index in [0.29, 0.717) is 5.92 Å². The molecule has 1 N–H and O–H groups in total. The summed E-state index contributed by atoms with van der Waals surface area (Å²) in [6, 6.07) is 6.61. The van der Waals surface area contributed by atoms with Crippen LogP contribution in [0.1, 0.15) is 51.6 Å². The minimum Gasteiger partial charge on any atom is -0.598 e. The molecular weight excluding hydrogens is 261 g/mol. The van der Waals surface area contributed by atoms with Crippen molar-refractivity contribution in [3.8, 4) is 0 Å². The summed E-state index contributed by atoms with van der Waals surface area (Å²) >= 11 is -1.11. The second-order valence-corrected chi connectivity index (χ2v) is 8.22. The van der Waals surface area contributed by atoms with Gasteiger partial charge in [0.1, 0.15) is 10.6 Å². The summed E-state index contributed by atoms with van der Waals surface area (Å²) in [6.45, 7) is 5.87. The van der Waals surface area contributed by atoms with Crippen molar-refractivity contribution in [2.24, 2.45) is 5.92 Å². The smallest absolute Gasteiger partial charge is 0.136 e. The van der Waals surface area contributed by atoms with Crippen molar-refractivity contribution in [1.82, 2.24) is 4.72 Å². The molecule has 106 valence electrons. The summed E-state index contributed by atoms with van der Waals surface area (Å²) in [6.07, 6.45) is 3.53. The summed E-state index contributed by atoms with van der Waals surface area (Å²) in [5, 5.41) is 0. The molecule has 0 aromatic heterocycles. The van der Waals surface area contributed by atoms with E-state index in [1.54, 1.807) is 12.1 Å². The van der Waals surface area contributed by atoms with Gasteiger partial charge in [0.2, 0.25) is 0 Å². The Morgan fingerprint density at radius 3 is 2.26 bits per heavy atom. The van der Waals surface area contributed by atoms with Crippen LogP contribution >= 0.6 is 0 Å². The third-order valence-electron chi connectivity index (χ3n) is 3.64. The molecule has 2 atom stereocenters. The molecule has 1 aromatic carbocycles. The average Bonchev–Trinajstić information content (AvgIpc) is 2.25. The summed E-state index contributed by atoms with van der Waals surface area (Å²) in [4.78, 5) is 0. The standard InChI is InChI=1S/C15H22FNOS/c1-15(2,3)19(18)17-14(11-5-4-6-11)12-7-9-13(16)10-8-12/h7-11,14,17H,4-6H2,1-3H3/t14-,19?/m0/s1. The van der Waals surface area contributed by atoms with Gasteiger partial charge in [-0.25, -0.2) is 4.39 Å². The maximum absolute atomic E-state index is 13.0. The molecule has 0 radical (unpaired) electrons. The predicted molar refractivity (Wildman–Crippen MR) is 77.5 cm³/mol. The summed E-state index contributed by atoms with van der Waals surface area (Å²) < 4.78 is 28.3. The molecule has 0 heterocycles. The first-order valence-electron chi connectivity index (χ1n) is 6.81. The summed E-state index contributed by atoms with van der Waals surface area (Å²) in [5.74, 6) is 0.282. The van der Waals surface area contributed by atoms with Crippen LogP contribution in [0.5, 0.6) is 0 Å². The first kappa shape index (κ1) is 14.8. The van der Waals surface area contributed by atoms with Crippen molar-refractivity contribution >= 4 is 11.4 Å². The zero-order valence-electron chi connectivity index (χ0n) is 11.8. The zero-order valence-corrected chi connectivity index (χ0v) is 12.6. The van der Waals surface area contributed by atoms with Crippen LogP contribution in [0.3, 0.4) is 0 Å². The fourth-order valence-electron chi connectivity index (χ4n) is 2.17. The predicted octanol–water partition coefficient (Wildman–Crippen LogP) is 3.72. The largest absolute Gasteiger partial charge is 0.598 e.